The minimum atomic E-state index is -0.163. The molecule has 0 radical (unpaired) electrons. The number of nitrogens with one attached hydrogen (secondary N) is 1. The van der Waals surface area contributed by atoms with Crippen LogP contribution in [0.5, 0.6) is 5.75 Å². The SMILES string of the molecule is O=C(COc1cc(Cl)c(Cl)cc1Cl)NCC1CC1. The number of amides is 1. The van der Waals surface area contributed by atoms with Crippen molar-refractivity contribution in [2.45, 2.75) is 12.8 Å². The van der Waals surface area contributed by atoms with Crippen molar-refractivity contribution in [2.24, 2.45) is 5.92 Å². The molecule has 1 aromatic rings. The van der Waals surface area contributed by atoms with E-state index in [2.05, 4.69) is 5.32 Å². The third-order valence-corrected chi connectivity index (χ3v) is 3.64. The summed E-state index contributed by atoms with van der Waals surface area (Å²) in [6, 6.07) is 2.99. The van der Waals surface area contributed by atoms with Crippen LogP contribution < -0.4 is 10.1 Å². The average Bonchev–Trinajstić information content (AvgIpc) is 3.13. The second-order valence-corrected chi connectivity index (χ2v) is 5.45. The van der Waals surface area contributed by atoms with E-state index >= 15 is 0 Å². The largest absolute Gasteiger partial charge is 0.482 e. The van der Waals surface area contributed by atoms with Crippen LogP contribution in [-0.4, -0.2) is 19.1 Å². The summed E-state index contributed by atoms with van der Waals surface area (Å²) in [5.74, 6) is 0.833. The molecule has 0 unspecified atom stereocenters. The van der Waals surface area contributed by atoms with E-state index in [1.165, 1.54) is 25.0 Å². The van der Waals surface area contributed by atoms with Gasteiger partial charge in [-0.25, -0.2) is 0 Å². The molecule has 18 heavy (non-hydrogen) atoms. The van der Waals surface area contributed by atoms with Crippen molar-refractivity contribution in [3.05, 3.63) is 27.2 Å². The number of hydrogen-bond donors (Lipinski definition) is 1. The van der Waals surface area contributed by atoms with E-state index < -0.39 is 0 Å². The molecule has 0 spiro atoms. The minimum absolute atomic E-state index is 0.0790. The predicted molar refractivity (Wildman–Crippen MR) is 72.7 cm³/mol. The molecule has 0 heterocycles. The number of halogens is 3. The second-order valence-electron chi connectivity index (χ2n) is 4.23. The lowest BCUT2D eigenvalue weighted by atomic mass is 10.3. The fourth-order valence-electron chi connectivity index (χ4n) is 1.39. The van der Waals surface area contributed by atoms with Gasteiger partial charge in [0.05, 0.1) is 15.1 Å². The highest BCUT2D eigenvalue weighted by atomic mass is 35.5. The van der Waals surface area contributed by atoms with E-state index in [-0.39, 0.29) is 12.5 Å². The number of benzene rings is 1. The summed E-state index contributed by atoms with van der Waals surface area (Å²) in [5, 5.41) is 3.82. The summed E-state index contributed by atoms with van der Waals surface area (Å²) in [7, 11) is 0. The van der Waals surface area contributed by atoms with Crippen LogP contribution >= 0.6 is 34.8 Å². The lowest BCUT2D eigenvalue weighted by molar-refractivity contribution is -0.123. The minimum Gasteiger partial charge on any atom is -0.482 e. The standard InChI is InChI=1S/C12H12Cl3NO2/c13-8-3-10(15)11(4-9(8)14)18-6-12(17)16-5-7-1-2-7/h3-4,7H,1-2,5-6H2,(H,16,17). The molecule has 0 aromatic heterocycles. The Bertz CT molecular complexity index is 461. The molecule has 6 heteroatoms. The van der Waals surface area contributed by atoms with E-state index in [0.717, 1.165) is 6.54 Å². The molecule has 1 fully saturated rings. The Kier molecular flexibility index (Phi) is 4.60. The molecule has 1 saturated carbocycles. The van der Waals surface area contributed by atoms with E-state index in [9.17, 15) is 4.79 Å². The third-order valence-electron chi connectivity index (χ3n) is 2.62. The van der Waals surface area contributed by atoms with Gasteiger partial charge >= 0.3 is 0 Å². The first-order valence-electron chi connectivity index (χ1n) is 5.60. The highest BCUT2D eigenvalue weighted by molar-refractivity contribution is 6.43. The highest BCUT2D eigenvalue weighted by Crippen LogP contribution is 2.33. The van der Waals surface area contributed by atoms with Gasteiger partial charge in [0.1, 0.15) is 5.75 Å². The zero-order valence-corrected chi connectivity index (χ0v) is 11.8. The van der Waals surface area contributed by atoms with Crippen molar-refractivity contribution in [1.82, 2.24) is 5.32 Å². The fraction of sp³-hybridized carbons (Fsp3) is 0.417. The van der Waals surface area contributed by atoms with Crippen LogP contribution in [0.1, 0.15) is 12.8 Å². The lowest BCUT2D eigenvalue weighted by Crippen LogP contribution is -2.30. The van der Waals surface area contributed by atoms with E-state index in [0.29, 0.717) is 26.7 Å². The Hall–Kier alpha value is -0.640. The molecule has 0 aliphatic heterocycles. The van der Waals surface area contributed by atoms with E-state index in [1.54, 1.807) is 0 Å². The molecule has 3 nitrogen and oxygen atoms in total. The van der Waals surface area contributed by atoms with Gasteiger partial charge < -0.3 is 10.1 Å². The monoisotopic (exact) mass is 307 g/mol. The molecule has 0 atom stereocenters. The van der Waals surface area contributed by atoms with Crippen molar-refractivity contribution in [3.8, 4) is 5.75 Å². The smallest absolute Gasteiger partial charge is 0.257 e. The molecule has 1 aliphatic carbocycles. The van der Waals surface area contributed by atoms with Gasteiger partial charge in [0.15, 0.2) is 6.61 Å². The van der Waals surface area contributed by atoms with Gasteiger partial charge in [0.25, 0.3) is 5.91 Å². The zero-order chi connectivity index (χ0) is 13.1. The summed E-state index contributed by atoms with van der Waals surface area (Å²) in [6.07, 6.45) is 2.39. The number of ether oxygens (including phenoxy) is 1. The van der Waals surface area contributed by atoms with Crippen LogP contribution in [0.15, 0.2) is 12.1 Å². The summed E-state index contributed by atoms with van der Waals surface area (Å²) < 4.78 is 5.30. The van der Waals surface area contributed by atoms with Crippen molar-refractivity contribution in [2.75, 3.05) is 13.2 Å². The fourth-order valence-corrected chi connectivity index (χ4v) is 1.98. The molecule has 2 rings (SSSR count). The van der Waals surface area contributed by atoms with Gasteiger partial charge in [-0.1, -0.05) is 34.8 Å². The Balaban J connectivity index is 1.84. The van der Waals surface area contributed by atoms with Crippen molar-refractivity contribution < 1.29 is 9.53 Å². The Morgan fingerprint density at radius 1 is 1.22 bits per heavy atom. The summed E-state index contributed by atoms with van der Waals surface area (Å²) in [4.78, 5) is 11.5. The molecule has 0 saturated heterocycles. The number of rotatable bonds is 5. The first-order valence-corrected chi connectivity index (χ1v) is 6.73. The van der Waals surface area contributed by atoms with E-state index in [4.69, 9.17) is 39.5 Å². The van der Waals surface area contributed by atoms with Crippen LogP contribution in [0.4, 0.5) is 0 Å². The topological polar surface area (TPSA) is 38.3 Å². The second kappa shape index (κ2) is 6.00. The number of carbonyl (C=O) groups is 1. The lowest BCUT2D eigenvalue weighted by Gasteiger charge is -2.09. The van der Waals surface area contributed by atoms with Crippen molar-refractivity contribution >= 4 is 40.7 Å². The number of carbonyl (C=O) groups excluding carboxylic acids is 1. The van der Waals surface area contributed by atoms with Gasteiger partial charge in [-0.3, -0.25) is 4.79 Å². The normalized spacial score (nSPS) is 14.4. The van der Waals surface area contributed by atoms with Gasteiger partial charge in [-0.05, 0) is 24.8 Å². The van der Waals surface area contributed by atoms with Crippen LogP contribution in [0, 0.1) is 5.92 Å². The summed E-state index contributed by atoms with van der Waals surface area (Å²) in [6.45, 7) is 0.641. The Morgan fingerprint density at radius 3 is 2.56 bits per heavy atom. The Morgan fingerprint density at radius 2 is 1.89 bits per heavy atom. The molecular weight excluding hydrogens is 296 g/mol. The first kappa shape index (κ1) is 13.8. The predicted octanol–water partition coefficient (Wildman–Crippen LogP) is 3.55. The highest BCUT2D eigenvalue weighted by Gasteiger charge is 2.21. The van der Waals surface area contributed by atoms with Gasteiger partial charge in [-0.2, -0.15) is 0 Å². The molecule has 1 amide bonds. The first-order chi connectivity index (χ1) is 8.56. The molecule has 1 aliphatic rings. The van der Waals surface area contributed by atoms with E-state index in [1.807, 2.05) is 0 Å². The third kappa shape index (κ3) is 3.94. The van der Waals surface area contributed by atoms with Gasteiger partial charge in [0.2, 0.25) is 0 Å². The van der Waals surface area contributed by atoms with Crippen LogP contribution in [0.3, 0.4) is 0 Å². The summed E-state index contributed by atoms with van der Waals surface area (Å²) >= 11 is 17.6. The summed E-state index contributed by atoms with van der Waals surface area (Å²) in [5.41, 5.74) is 0. The quantitative estimate of drug-likeness (QED) is 0.845. The zero-order valence-electron chi connectivity index (χ0n) is 9.51. The average molecular weight is 309 g/mol. The number of hydrogen-bond acceptors (Lipinski definition) is 2. The molecule has 1 aromatic carbocycles. The van der Waals surface area contributed by atoms with Crippen molar-refractivity contribution in [1.29, 1.82) is 0 Å². The van der Waals surface area contributed by atoms with Crippen LogP contribution in [0.2, 0.25) is 15.1 Å². The molecule has 1 N–H and O–H groups in total. The Labute approximate surface area is 120 Å². The van der Waals surface area contributed by atoms with Crippen LogP contribution in [0.25, 0.3) is 0 Å². The molecular formula is C12H12Cl3NO2. The van der Waals surface area contributed by atoms with Gasteiger partial charge in [0, 0.05) is 12.6 Å². The maximum atomic E-state index is 11.5. The molecule has 98 valence electrons. The maximum Gasteiger partial charge on any atom is 0.257 e. The van der Waals surface area contributed by atoms with Gasteiger partial charge in [-0.15, -0.1) is 0 Å². The van der Waals surface area contributed by atoms with Crippen molar-refractivity contribution in [3.63, 3.8) is 0 Å². The van der Waals surface area contributed by atoms with Crippen LogP contribution in [-0.2, 0) is 4.79 Å². The molecule has 0 bridgehead atoms. The maximum absolute atomic E-state index is 11.5.